The van der Waals surface area contributed by atoms with Crippen LogP contribution < -0.4 is 0 Å². The molecule has 8 heteroatoms. The average Bonchev–Trinajstić information content (AvgIpc) is 3.26. The molecule has 0 spiro atoms. The largest absolute Gasteiger partial charge is 0.605 e. The molecule has 2 N–H and O–H groups in total. The molecule has 0 bridgehead atoms. The van der Waals surface area contributed by atoms with E-state index < -0.39 is 23.1 Å². The third-order valence-corrected chi connectivity index (χ3v) is 7.20. The Hall–Kier alpha value is -3.88. The van der Waals surface area contributed by atoms with Crippen LogP contribution in [-0.4, -0.2) is 36.3 Å². The number of carbonyl (C=O) groups is 2. The van der Waals surface area contributed by atoms with Gasteiger partial charge in [0.05, 0.1) is 5.56 Å². The molecule has 0 aliphatic carbocycles. The molecule has 184 valence electrons. The first-order chi connectivity index (χ1) is 17.4. The van der Waals surface area contributed by atoms with Gasteiger partial charge in [-0.2, -0.15) is 4.98 Å². The number of hydrogen-bond acceptors (Lipinski definition) is 4. The predicted molar refractivity (Wildman–Crippen MR) is 137 cm³/mol. The van der Waals surface area contributed by atoms with Crippen molar-refractivity contribution in [1.29, 1.82) is 0 Å². The maximum absolute atomic E-state index is 13.3. The van der Waals surface area contributed by atoms with E-state index >= 15 is 0 Å². The van der Waals surface area contributed by atoms with E-state index in [1.807, 2.05) is 37.3 Å². The molecule has 4 rings (SSSR count). The van der Waals surface area contributed by atoms with Gasteiger partial charge in [0.15, 0.2) is 4.90 Å². The molecule has 0 saturated heterocycles. The lowest BCUT2D eigenvalue weighted by Crippen LogP contribution is -2.15. The second kappa shape index (κ2) is 11.2. The van der Waals surface area contributed by atoms with Crippen LogP contribution in [0, 0.1) is 0 Å². The molecule has 1 heterocycles. The Morgan fingerprint density at radius 1 is 0.917 bits per heavy atom. The summed E-state index contributed by atoms with van der Waals surface area (Å²) >= 11 is -1.74. The summed E-state index contributed by atoms with van der Waals surface area (Å²) in [4.78, 5) is 29.0. The van der Waals surface area contributed by atoms with Crippen molar-refractivity contribution in [2.24, 2.45) is 0 Å². The zero-order chi connectivity index (χ0) is 25.7. The quantitative estimate of drug-likeness (QED) is 0.277. The van der Waals surface area contributed by atoms with Crippen molar-refractivity contribution < 1.29 is 24.4 Å². The van der Waals surface area contributed by atoms with Crippen LogP contribution in [0.1, 0.15) is 52.0 Å². The van der Waals surface area contributed by atoms with Crippen molar-refractivity contribution >= 4 is 23.1 Å². The summed E-state index contributed by atoms with van der Waals surface area (Å²) < 4.78 is 14.9. The summed E-state index contributed by atoms with van der Waals surface area (Å²) in [7, 11) is 0. The van der Waals surface area contributed by atoms with Gasteiger partial charge in [0, 0.05) is 24.1 Å². The smallest absolute Gasteiger partial charge is 0.359 e. The Labute approximate surface area is 212 Å². The number of aryl methyl sites for hydroxylation is 1. The Bertz CT molecular complexity index is 1370. The number of carboxylic acid groups (broad SMARTS) is 2. The molecule has 0 radical (unpaired) electrons. The Kier molecular flexibility index (Phi) is 7.87. The van der Waals surface area contributed by atoms with E-state index in [1.165, 1.54) is 0 Å². The molecular weight excluding hydrogens is 476 g/mol. The first-order valence-electron chi connectivity index (χ1n) is 11.6. The molecule has 1 aromatic heterocycles. The van der Waals surface area contributed by atoms with E-state index in [2.05, 4.69) is 4.98 Å². The minimum absolute atomic E-state index is 0.0480. The zero-order valence-electron chi connectivity index (χ0n) is 19.8. The van der Waals surface area contributed by atoms with Crippen LogP contribution in [0.2, 0.25) is 0 Å². The third kappa shape index (κ3) is 5.35. The van der Waals surface area contributed by atoms with E-state index in [4.69, 9.17) is 0 Å². The zero-order valence-corrected chi connectivity index (χ0v) is 20.6. The number of imidazole rings is 1. The minimum atomic E-state index is -1.74. The Morgan fingerprint density at radius 3 is 2.22 bits per heavy atom. The normalized spacial score (nSPS) is 11.8. The maximum atomic E-state index is 13.3. The number of carboxylic acids is 2. The Morgan fingerprint density at radius 2 is 1.58 bits per heavy atom. The lowest BCUT2D eigenvalue weighted by Gasteiger charge is -2.12. The lowest BCUT2D eigenvalue weighted by molar-refractivity contribution is 0.0675. The second-order valence-corrected chi connectivity index (χ2v) is 9.70. The molecule has 0 aliphatic rings. The van der Waals surface area contributed by atoms with Crippen LogP contribution >= 0.6 is 0 Å². The van der Waals surface area contributed by atoms with E-state index in [-0.39, 0.29) is 22.8 Å². The minimum Gasteiger partial charge on any atom is -0.605 e. The highest BCUT2D eigenvalue weighted by Crippen LogP contribution is 2.28. The summed E-state index contributed by atoms with van der Waals surface area (Å²) in [6.07, 6.45) is 2.29. The van der Waals surface area contributed by atoms with Crippen LogP contribution in [0.3, 0.4) is 0 Å². The van der Waals surface area contributed by atoms with Crippen molar-refractivity contribution in [3.63, 3.8) is 0 Å². The number of rotatable bonds is 10. The van der Waals surface area contributed by atoms with Crippen LogP contribution in [0.15, 0.2) is 88.8 Å². The second-order valence-electron chi connectivity index (χ2n) is 8.31. The molecule has 0 saturated carbocycles. The van der Waals surface area contributed by atoms with Crippen LogP contribution in [0.4, 0.5) is 0 Å². The third-order valence-electron chi connectivity index (χ3n) is 5.87. The number of aromatic carboxylic acids is 2. The van der Waals surface area contributed by atoms with Crippen molar-refractivity contribution in [3.05, 3.63) is 102 Å². The molecule has 3 aromatic carbocycles. The molecule has 4 aromatic rings. The monoisotopic (exact) mass is 502 g/mol. The number of unbranched alkanes of at least 4 members (excludes halogenated alkanes) is 1. The molecule has 7 nitrogen and oxygen atoms in total. The van der Waals surface area contributed by atoms with Crippen molar-refractivity contribution in [2.75, 3.05) is 0 Å². The molecule has 0 amide bonds. The van der Waals surface area contributed by atoms with Gasteiger partial charge in [-0.15, -0.1) is 0 Å². The summed E-state index contributed by atoms with van der Waals surface area (Å²) in [6, 6.07) is 22.8. The fourth-order valence-corrected chi connectivity index (χ4v) is 5.25. The van der Waals surface area contributed by atoms with E-state index in [0.717, 1.165) is 24.0 Å². The van der Waals surface area contributed by atoms with E-state index in [9.17, 15) is 24.4 Å². The topological polar surface area (TPSA) is 115 Å². The molecule has 1 atom stereocenters. The average molecular weight is 503 g/mol. The predicted octanol–water partition coefficient (Wildman–Crippen LogP) is 5.50. The van der Waals surface area contributed by atoms with Gasteiger partial charge in [0.1, 0.15) is 5.82 Å². The fraction of sp³-hybridized carbons (Fsp3) is 0.179. The molecular formula is C28H26N2O5S. The number of hydrogen-bond donors (Lipinski definition) is 2. The molecule has 0 aliphatic heterocycles. The summed E-state index contributed by atoms with van der Waals surface area (Å²) in [5.41, 5.74) is 2.31. The van der Waals surface area contributed by atoms with Crippen molar-refractivity contribution in [2.45, 2.75) is 42.7 Å². The highest BCUT2D eigenvalue weighted by Gasteiger charge is 2.32. The van der Waals surface area contributed by atoms with Crippen molar-refractivity contribution in [1.82, 2.24) is 9.55 Å². The Balaban J connectivity index is 1.72. The fourth-order valence-electron chi connectivity index (χ4n) is 4.06. The van der Waals surface area contributed by atoms with Gasteiger partial charge in [0.25, 0.3) is 5.03 Å². The number of nitrogens with zero attached hydrogens (tertiary/aromatic N) is 2. The maximum Gasteiger partial charge on any atom is 0.359 e. The van der Waals surface area contributed by atoms with Crippen LogP contribution in [0.25, 0.3) is 11.1 Å². The van der Waals surface area contributed by atoms with E-state index in [0.29, 0.717) is 22.7 Å². The van der Waals surface area contributed by atoms with Gasteiger partial charge >= 0.3 is 11.9 Å². The van der Waals surface area contributed by atoms with Gasteiger partial charge in [-0.3, -0.25) is 0 Å². The number of aromatic nitrogens is 2. The SMILES string of the molecule is CCCCc1nc([S+]([O-])c2ccccc2)c(C(=O)O)n1Cc1ccc(-c2ccccc2C(=O)O)cc1. The van der Waals surface area contributed by atoms with Crippen LogP contribution in [0.5, 0.6) is 0 Å². The highest BCUT2D eigenvalue weighted by molar-refractivity contribution is 7.91. The summed E-state index contributed by atoms with van der Waals surface area (Å²) in [5.74, 6) is -1.61. The summed E-state index contributed by atoms with van der Waals surface area (Å²) in [5, 5.41) is 19.6. The standard InChI is InChI=1S/C28H26N2O5S/c1-2-3-13-24-29-26(36(35)21-9-5-4-6-10-21)25(28(33)34)30(24)18-19-14-16-20(17-15-19)22-11-7-8-12-23(22)27(31)32/h4-12,14-17H,2-3,13,18H2,1H3,(H,31,32)(H,33,34). The van der Waals surface area contributed by atoms with Gasteiger partial charge in [-0.05, 0) is 41.3 Å². The van der Waals surface area contributed by atoms with Gasteiger partial charge in [-0.25, -0.2) is 9.59 Å². The first-order valence-corrected chi connectivity index (χ1v) is 12.8. The first kappa shape index (κ1) is 25.2. The highest BCUT2D eigenvalue weighted by atomic mass is 32.2. The molecule has 1 unspecified atom stereocenters. The van der Waals surface area contributed by atoms with Gasteiger partial charge < -0.3 is 19.3 Å². The molecule has 36 heavy (non-hydrogen) atoms. The van der Waals surface area contributed by atoms with E-state index in [1.54, 1.807) is 53.1 Å². The van der Waals surface area contributed by atoms with Gasteiger partial charge in [-0.1, -0.05) is 74.0 Å². The summed E-state index contributed by atoms with van der Waals surface area (Å²) in [6.45, 7) is 2.28. The van der Waals surface area contributed by atoms with Crippen LogP contribution in [-0.2, 0) is 24.1 Å². The number of benzene rings is 3. The lowest BCUT2D eigenvalue weighted by atomic mass is 9.99. The van der Waals surface area contributed by atoms with Gasteiger partial charge in [0.2, 0.25) is 5.69 Å². The molecule has 0 fully saturated rings. The van der Waals surface area contributed by atoms with Crippen molar-refractivity contribution in [3.8, 4) is 11.1 Å².